The van der Waals surface area contributed by atoms with Crippen molar-refractivity contribution in [3.8, 4) is 11.5 Å². The third-order valence-corrected chi connectivity index (χ3v) is 7.48. The molecule has 5 rings (SSSR count). The van der Waals surface area contributed by atoms with Crippen LogP contribution < -0.4 is 20.9 Å². The topological polar surface area (TPSA) is 148 Å². The van der Waals surface area contributed by atoms with Crippen molar-refractivity contribution in [3.63, 3.8) is 0 Å². The predicted molar refractivity (Wildman–Crippen MR) is 158 cm³/mol. The lowest BCUT2D eigenvalue weighted by atomic mass is 9.80. The molecule has 1 aromatic heterocycles. The molecule has 43 heavy (non-hydrogen) atoms. The van der Waals surface area contributed by atoms with Gasteiger partial charge in [0.25, 0.3) is 0 Å². The van der Waals surface area contributed by atoms with E-state index in [0.717, 1.165) is 16.7 Å². The monoisotopic (exact) mass is 589 g/mol. The van der Waals surface area contributed by atoms with E-state index in [2.05, 4.69) is 4.98 Å². The summed E-state index contributed by atoms with van der Waals surface area (Å²) in [5.41, 5.74) is 6.31. The van der Waals surface area contributed by atoms with Gasteiger partial charge in [-0.2, -0.15) is 4.98 Å². The van der Waals surface area contributed by atoms with Crippen molar-refractivity contribution in [1.29, 1.82) is 0 Å². The van der Waals surface area contributed by atoms with Crippen molar-refractivity contribution in [2.75, 3.05) is 39.8 Å². The second kappa shape index (κ2) is 13.4. The van der Waals surface area contributed by atoms with Gasteiger partial charge in [0.15, 0.2) is 6.23 Å². The number of methoxy groups -OCH3 is 2. The Balaban J connectivity index is 1.56. The van der Waals surface area contributed by atoms with Crippen molar-refractivity contribution in [2.24, 2.45) is 0 Å². The Bertz CT molecular complexity index is 1480. The van der Waals surface area contributed by atoms with Crippen LogP contribution in [0.2, 0.25) is 0 Å². The number of nitrogen functional groups attached to an aromatic ring is 1. The molecule has 0 bridgehead atoms. The fraction of sp³-hybridized carbons (Fsp3) is 0.312. The van der Waals surface area contributed by atoms with E-state index >= 15 is 0 Å². The number of rotatable bonds is 12. The van der Waals surface area contributed by atoms with Gasteiger partial charge in [0.05, 0.1) is 34.0 Å². The zero-order chi connectivity index (χ0) is 30.4. The molecule has 1 saturated heterocycles. The largest absolute Gasteiger partial charge is 0.497 e. The van der Waals surface area contributed by atoms with Crippen molar-refractivity contribution in [2.45, 2.75) is 30.1 Å². The lowest BCUT2D eigenvalue weighted by molar-refractivity contribution is -0.0989. The van der Waals surface area contributed by atoms with E-state index < -0.39 is 35.8 Å². The molecule has 0 amide bonds. The van der Waals surface area contributed by atoms with Gasteiger partial charge in [-0.1, -0.05) is 54.6 Å². The average molecular weight is 590 g/mol. The molecular formula is C32H35N3O8. The normalized spacial score (nSPS) is 20.2. The molecule has 11 nitrogen and oxygen atoms in total. The van der Waals surface area contributed by atoms with Crippen molar-refractivity contribution in [1.82, 2.24) is 9.55 Å². The molecule has 2 unspecified atom stereocenters. The Morgan fingerprint density at radius 3 is 2.02 bits per heavy atom. The quantitative estimate of drug-likeness (QED) is 0.211. The molecule has 1 aliphatic heterocycles. The number of hydrogen-bond donors (Lipinski definition) is 3. The van der Waals surface area contributed by atoms with Crippen LogP contribution in [0.3, 0.4) is 0 Å². The Kier molecular flexibility index (Phi) is 9.39. The van der Waals surface area contributed by atoms with E-state index in [4.69, 9.17) is 29.4 Å². The lowest BCUT2D eigenvalue weighted by Crippen LogP contribution is -2.41. The van der Waals surface area contributed by atoms with Crippen LogP contribution in [0.4, 0.5) is 5.82 Å². The molecular weight excluding hydrogens is 554 g/mol. The number of hydrogen-bond acceptors (Lipinski definition) is 10. The van der Waals surface area contributed by atoms with Gasteiger partial charge in [0.1, 0.15) is 41.2 Å². The van der Waals surface area contributed by atoms with Crippen LogP contribution in [0, 0.1) is 0 Å². The van der Waals surface area contributed by atoms with Crippen LogP contribution in [0.1, 0.15) is 22.9 Å². The van der Waals surface area contributed by atoms with Crippen LogP contribution in [0.5, 0.6) is 11.5 Å². The number of aliphatic hydroxyl groups is 2. The van der Waals surface area contributed by atoms with Crippen molar-refractivity contribution >= 4 is 5.82 Å². The fourth-order valence-electron chi connectivity index (χ4n) is 5.35. The van der Waals surface area contributed by atoms with E-state index in [-0.39, 0.29) is 25.6 Å². The van der Waals surface area contributed by atoms with Crippen LogP contribution in [-0.4, -0.2) is 72.1 Å². The third-order valence-electron chi connectivity index (χ3n) is 7.48. The van der Waals surface area contributed by atoms with Gasteiger partial charge in [0, 0.05) is 6.20 Å². The number of anilines is 1. The first-order chi connectivity index (χ1) is 20.9. The van der Waals surface area contributed by atoms with Crippen molar-refractivity contribution < 1.29 is 33.9 Å². The first kappa shape index (κ1) is 30.2. The van der Waals surface area contributed by atoms with E-state index in [0.29, 0.717) is 11.5 Å². The smallest absolute Gasteiger partial charge is 0.351 e. The highest BCUT2D eigenvalue weighted by atomic mass is 16.6. The van der Waals surface area contributed by atoms with E-state index in [1.807, 2.05) is 78.9 Å². The van der Waals surface area contributed by atoms with Gasteiger partial charge < -0.3 is 39.6 Å². The Morgan fingerprint density at radius 1 is 0.907 bits per heavy atom. The summed E-state index contributed by atoms with van der Waals surface area (Å²) in [6.07, 6.45) is -2.72. The van der Waals surface area contributed by atoms with Gasteiger partial charge in [-0.15, -0.1) is 0 Å². The molecule has 226 valence electrons. The summed E-state index contributed by atoms with van der Waals surface area (Å²) in [4.78, 5) is 16.5. The highest BCUT2D eigenvalue weighted by molar-refractivity contribution is 5.49. The maximum atomic E-state index is 12.7. The summed E-state index contributed by atoms with van der Waals surface area (Å²) in [6, 6.07) is 26.3. The van der Waals surface area contributed by atoms with E-state index in [9.17, 15) is 15.0 Å². The molecule has 1 fully saturated rings. The summed E-state index contributed by atoms with van der Waals surface area (Å²) in [5, 5.41) is 20.8. The minimum atomic E-state index is -1.21. The van der Waals surface area contributed by atoms with E-state index in [1.54, 1.807) is 14.2 Å². The zero-order valence-electron chi connectivity index (χ0n) is 23.9. The zero-order valence-corrected chi connectivity index (χ0v) is 23.9. The molecule has 3 aromatic carbocycles. The highest BCUT2D eigenvalue weighted by Crippen LogP contribution is 2.43. The molecule has 0 aliphatic carbocycles. The highest BCUT2D eigenvalue weighted by Gasteiger charge is 2.48. The molecule has 0 spiro atoms. The summed E-state index contributed by atoms with van der Waals surface area (Å²) in [7, 11) is 3.21. The van der Waals surface area contributed by atoms with Crippen LogP contribution in [0.25, 0.3) is 0 Å². The van der Waals surface area contributed by atoms with Gasteiger partial charge >= 0.3 is 5.69 Å². The second-order valence-corrected chi connectivity index (χ2v) is 9.97. The molecule has 4 aromatic rings. The fourth-order valence-corrected chi connectivity index (χ4v) is 5.35. The first-order valence-corrected chi connectivity index (χ1v) is 13.8. The number of ether oxygens (including phenoxy) is 5. The second-order valence-electron chi connectivity index (χ2n) is 9.97. The number of aliphatic hydroxyl groups excluding tert-OH is 2. The Hall–Kier alpha value is -4.26. The molecule has 1 aliphatic rings. The minimum absolute atomic E-state index is 0.0548. The van der Waals surface area contributed by atoms with Gasteiger partial charge in [0.2, 0.25) is 0 Å². The number of aromatic nitrogens is 2. The standard InChI is InChI=1S/C32H35N3O8/c1-39-24-12-8-22(9-13-24)32(21-6-4-3-5-7-21,23-10-14-25(40-2)15-11-23)42-20-26-28(37)29(41-19-18-36)30(43-26)35-17-16-27(33)34-31(35)38/h3-17,26,28-30,36-37H,18-20H2,1-2H3,(H2,33,34,38)/t26-,28?,29?,30-/m1/s1. The Labute approximate surface area is 249 Å². The maximum absolute atomic E-state index is 12.7. The SMILES string of the molecule is COc1ccc(C(OC[C@H]2O[C@@H](n3ccc(N)nc3=O)C(OCCO)C2O)(c2ccccc2)c2ccc(OC)cc2)cc1. The molecule has 0 saturated carbocycles. The average Bonchev–Trinajstić information content (AvgIpc) is 3.35. The Morgan fingerprint density at radius 2 is 1.49 bits per heavy atom. The maximum Gasteiger partial charge on any atom is 0.351 e. The van der Waals surface area contributed by atoms with Gasteiger partial charge in [-0.05, 0) is 47.0 Å². The van der Waals surface area contributed by atoms with Gasteiger partial charge in [-0.25, -0.2) is 4.79 Å². The van der Waals surface area contributed by atoms with Crippen LogP contribution in [0.15, 0.2) is 95.9 Å². The first-order valence-electron chi connectivity index (χ1n) is 13.8. The third kappa shape index (κ3) is 6.12. The molecule has 2 heterocycles. The van der Waals surface area contributed by atoms with Crippen LogP contribution >= 0.6 is 0 Å². The summed E-state index contributed by atoms with van der Waals surface area (Å²) < 4.78 is 30.9. The van der Waals surface area contributed by atoms with Crippen LogP contribution in [-0.2, 0) is 19.8 Å². The minimum Gasteiger partial charge on any atom is -0.497 e. The van der Waals surface area contributed by atoms with E-state index in [1.165, 1.54) is 16.8 Å². The summed E-state index contributed by atoms with van der Waals surface area (Å²) >= 11 is 0. The molecule has 0 radical (unpaired) electrons. The summed E-state index contributed by atoms with van der Waals surface area (Å²) in [6.45, 7) is -0.448. The predicted octanol–water partition coefficient (Wildman–Crippen LogP) is 2.49. The molecule has 4 atom stereocenters. The summed E-state index contributed by atoms with van der Waals surface area (Å²) in [5.74, 6) is 1.42. The molecule has 4 N–H and O–H groups in total. The lowest BCUT2D eigenvalue weighted by Gasteiger charge is -2.37. The van der Waals surface area contributed by atoms with Gasteiger partial charge in [-0.3, -0.25) is 4.57 Å². The molecule has 11 heteroatoms. The van der Waals surface area contributed by atoms with Crippen molar-refractivity contribution in [3.05, 3.63) is 118 Å². The number of benzene rings is 3. The number of nitrogens with two attached hydrogens (primary N) is 1. The number of nitrogens with zero attached hydrogens (tertiary/aromatic N) is 2.